The summed E-state index contributed by atoms with van der Waals surface area (Å²) in [7, 11) is 0. The summed E-state index contributed by atoms with van der Waals surface area (Å²) in [4.78, 5) is 17.5. The van der Waals surface area contributed by atoms with Crippen LogP contribution in [0.2, 0.25) is 0 Å². The molecule has 0 atom stereocenters. The predicted molar refractivity (Wildman–Crippen MR) is 102 cm³/mol. The number of pyridine rings is 1. The molecule has 3 rings (SSSR count). The van der Waals surface area contributed by atoms with Crippen molar-refractivity contribution in [3.05, 3.63) is 64.9 Å². The summed E-state index contributed by atoms with van der Waals surface area (Å²) in [6.07, 6.45) is 3.63. The average Bonchev–Trinajstić information content (AvgIpc) is 3.10. The fourth-order valence-electron chi connectivity index (χ4n) is 2.04. The molecule has 0 bridgehead atoms. The minimum atomic E-state index is -0.171. The van der Waals surface area contributed by atoms with Gasteiger partial charge in [0.05, 0.1) is 0 Å². The van der Waals surface area contributed by atoms with Crippen LogP contribution >= 0.6 is 23.1 Å². The number of benzene rings is 1. The number of rotatable bonds is 6. The van der Waals surface area contributed by atoms with Crippen LogP contribution in [0.5, 0.6) is 0 Å². The lowest BCUT2D eigenvalue weighted by Gasteiger charge is -2.04. The largest absolute Gasteiger partial charge is 0.296 e. The summed E-state index contributed by atoms with van der Waals surface area (Å²) in [5.41, 5.74) is 1.78. The van der Waals surface area contributed by atoms with Gasteiger partial charge in [-0.1, -0.05) is 31.3 Å². The number of carbonyl (C=O) groups excluding carboxylic acids is 1. The molecule has 0 saturated carbocycles. The van der Waals surface area contributed by atoms with E-state index in [9.17, 15) is 4.79 Å². The quantitative estimate of drug-likeness (QED) is 0.642. The number of thioether (sulfide) groups is 1. The van der Waals surface area contributed by atoms with E-state index >= 15 is 0 Å². The first-order chi connectivity index (χ1) is 12.1. The van der Waals surface area contributed by atoms with Crippen molar-refractivity contribution in [2.24, 2.45) is 0 Å². The maximum absolute atomic E-state index is 12.3. The van der Waals surface area contributed by atoms with Crippen molar-refractivity contribution in [1.29, 1.82) is 0 Å². The van der Waals surface area contributed by atoms with Crippen LogP contribution in [0.15, 0.2) is 53.7 Å². The van der Waals surface area contributed by atoms with Gasteiger partial charge < -0.3 is 0 Å². The molecule has 3 aromatic rings. The molecule has 5 nitrogen and oxygen atoms in total. The van der Waals surface area contributed by atoms with E-state index in [1.165, 1.54) is 16.9 Å². The lowest BCUT2D eigenvalue weighted by atomic mass is 10.2. The third-order valence-corrected chi connectivity index (χ3v) is 5.62. The maximum Gasteiger partial charge on any atom is 0.257 e. The number of carbonyl (C=O) groups is 1. The van der Waals surface area contributed by atoms with Crippen LogP contribution < -0.4 is 5.32 Å². The zero-order chi connectivity index (χ0) is 17.6. The molecule has 0 aliphatic heterocycles. The molecule has 25 heavy (non-hydrogen) atoms. The molecule has 0 aliphatic rings. The van der Waals surface area contributed by atoms with E-state index in [2.05, 4.69) is 26.6 Å². The molecule has 7 heteroatoms. The van der Waals surface area contributed by atoms with Crippen LogP contribution in [0.25, 0.3) is 0 Å². The summed E-state index contributed by atoms with van der Waals surface area (Å²) in [5, 5.41) is 12.3. The fraction of sp³-hybridized carbons (Fsp3) is 0.222. The van der Waals surface area contributed by atoms with E-state index in [0.29, 0.717) is 16.6 Å². The zero-order valence-corrected chi connectivity index (χ0v) is 15.6. The number of nitrogens with zero attached hydrogens (tertiary/aromatic N) is 3. The Kier molecular flexibility index (Phi) is 5.78. The SMILES string of the molecule is CC(C)c1nnc(NC(=O)c2ccc(SCc3cccnc3)cc2)s1. The molecule has 0 spiro atoms. The summed E-state index contributed by atoms with van der Waals surface area (Å²) >= 11 is 3.12. The number of hydrogen-bond acceptors (Lipinski definition) is 6. The zero-order valence-electron chi connectivity index (χ0n) is 14.0. The third kappa shape index (κ3) is 4.87. The Bertz CT molecular complexity index is 832. The van der Waals surface area contributed by atoms with Crippen molar-refractivity contribution in [2.75, 3.05) is 5.32 Å². The van der Waals surface area contributed by atoms with E-state index < -0.39 is 0 Å². The summed E-state index contributed by atoms with van der Waals surface area (Å²) in [6, 6.07) is 11.5. The minimum Gasteiger partial charge on any atom is -0.296 e. The Labute approximate surface area is 154 Å². The Morgan fingerprint density at radius 3 is 2.64 bits per heavy atom. The van der Waals surface area contributed by atoms with Crippen molar-refractivity contribution in [2.45, 2.75) is 30.4 Å². The molecule has 0 radical (unpaired) electrons. The van der Waals surface area contributed by atoms with E-state index in [-0.39, 0.29) is 5.91 Å². The van der Waals surface area contributed by atoms with E-state index in [1.54, 1.807) is 18.0 Å². The molecular formula is C18H18N4OS2. The molecule has 1 N–H and O–H groups in total. The smallest absolute Gasteiger partial charge is 0.257 e. The van der Waals surface area contributed by atoms with Crippen LogP contribution in [0.4, 0.5) is 5.13 Å². The maximum atomic E-state index is 12.3. The van der Waals surface area contributed by atoms with Gasteiger partial charge in [-0.25, -0.2) is 0 Å². The van der Waals surface area contributed by atoms with Gasteiger partial charge in [-0.15, -0.1) is 22.0 Å². The first kappa shape index (κ1) is 17.6. The average molecular weight is 371 g/mol. The Morgan fingerprint density at radius 1 is 1.20 bits per heavy atom. The Hall–Kier alpha value is -2.25. The lowest BCUT2D eigenvalue weighted by molar-refractivity contribution is 0.102. The number of aromatic nitrogens is 3. The van der Waals surface area contributed by atoms with E-state index in [1.807, 2.05) is 50.4 Å². The normalized spacial score (nSPS) is 10.8. The topological polar surface area (TPSA) is 67.8 Å². The number of amides is 1. The van der Waals surface area contributed by atoms with Crippen LogP contribution in [-0.4, -0.2) is 21.1 Å². The second kappa shape index (κ2) is 8.22. The summed E-state index contributed by atoms with van der Waals surface area (Å²) < 4.78 is 0. The molecular weight excluding hydrogens is 352 g/mol. The minimum absolute atomic E-state index is 0.171. The van der Waals surface area contributed by atoms with Gasteiger partial charge in [-0.3, -0.25) is 15.1 Å². The third-order valence-electron chi connectivity index (χ3n) is 3.40. The molecule has 128 valence electrons. The van der Waals surface area contributed by atoms with Gasteiger partial charge in [0.25, 0.3) is 5.91 Å². The van der Waals surface area contributed by atoms with Crippen LogP contribution in [0.1, 0.15) is 40.7 Å². The van der Waals surface area contributed by atoms with Crippen molar-refractivity contribution in [3.8, 4) is 0 Å². The van der Waals surface area contributed by atoms with Crippen molar-refractivity contribution in [1.82, 2.24) is 15.2 Å². The van der Waals surface area contributed by atoms with E-state index in [4.69, 9.17) is 0 Å². The van der Waals surface area contributed by atoms with Gasteiger partial charge >= 0.3 is 0 Å². The van der Waals surface area contributed by atoms with E-state index in [0.717, 1.165) is 15.7 Å². The van der Waals surface area contributed by atoms with Crippen molar-refractivity contribution in [3.63, 3.8) is 0 Å². The van der Waals surface area contributed by atoms with Crippen LogP contribution in [-0.2, 0) is 5.75 Å². The van der Waals surface area contributed by atoms with Crippen LogP contribution in [0, 0.1) is 0 Å². The highest BCUT2D eigenvalue weighted by Gasteiger charge is 2.12. The molecule has 1 aromatic carbocycles. The van der Waals surface area contributed by atoms with Gasteiger partial charge in [-0.2, -0.15) is 0 Å². The van der Waals surface area contributed by atoms with Gasteiger partial charge in [0.2, 0.25) is 5.13 Å². The number of anilines is 1. The van der Waals surface area contributed by atoms with Crippen molar-refractivity contribution >= 4 is 34.1 Å². The molecule has 1 amide bonds. The molecule has 2 heterocycles. The van der Waals surface area contributed by atoms with Crippen LogP contribution in [0.3, 0.4) is 0 Å². The Morgan fingerprint density at radius 2 is 2.00 bits per heavy atom. The molecule has 0 aliphatic carbocycles. The molecule has 0 unspecified atom stereocenters. The standard InChI is InChI=1S/C18H18N4OS2/c1-12(2)17-21-22-18(25-17)20-16(23)14-5-7-15(8-6-14)24-11-13-4-3-9-19-10-13/h3-10,12H,11H2,1-2H3,(H,20,22,23). The first-order valence-corrected chi connectivity index (χ1v) is 9.68. The van der Waals surface area contributed by atoms with Gasteiger partial charge in [-0.05, 0) is 35.9 Å². The van der Waals surface area contributed by atoms with Gasteiger partial charge in [0.1, 0.15) is 5.01 Å². The first-order valence-electron chi connectivity index (χ1n) is 7.88. The molecule has 0 fully saturated rings. The highest BCUT2D eigenvalue weighted by molar-refractivity contribution is 7.98. The second-order valence-corrected chi connectivity index (χ2v) is 7.79. The highest BCUT2D eigenvalue weighted by Crippen LogP contribution is 2.24. The lowest BCUT2D eigenvalue weighted by Crippen LogP contribution is -2.11. The monoisotopic (exact) mass is 370 g/mol. The summed E-state index contributed by atoms with van der Waals surface area (Å²) in [5.74, 6) is 0.983. The molecule has 0 saturated heterocycles. The van der Waals surface area contributed by atoms with Gasteiger partial charge in [0.15, 0.2) is 0 Å². The number of hydrogen-bond donors (Lipinski definition) is 1. The summed E-state index contributed by atoms with van der Waals surface area (Å²) in [6.45, 7) is 4.10. The van der Waals surface area contributed by atoms with Gasteiger partial charge in [0, 0.05) is 34.5 Å². The fourth-order valence-corrected chi connectivity index (χ4v) is 3.61. The number of nitrogens with one attached hydrogen (secondary N) is 1. The highest BCUT2D eigenvalue weighted by atomic mass is 32.2. The van der Waals surface area contributed by atoms with Crippen molar-refractivity contribution < 1.29 is 4.79 Å². The Balaban J connectivity index is 1.58. The predicted octanol–water partition coefficient (Wildman–Crippen LogP) is 4.60. The molecule has 2 aromatic heterocycles. The second-order valence-electron chi connectivity index (χ2n) is 5.73.